The lowest BCUT2D eigenvalue weighted by molar-refractivity contribution is 0.313. The predicted molar refractivity (Wildman–Crippen MR) is 140 cm³/mol. The van der Waals surface area contributed by atoms with Crippen molar-refractivity contribution in [2.24, 2.45) is 0 Å². The predicted octanol–water partition coefficient (Wildman–Crippen LogP) is 5.71. The van der Waals surface area contributed by atoms with E-state index in [1.165, 1.54) is 16.8 Å². The number of likely N-dealkylation sites (N-methyl/N-ethyl adjacent to an activating group) is 1. The molecule has 5 heteroatoms. The zero-order valence-corrected chi connectivity index (χ0v) is 19.3. The lowest BCUT2D eigenvalue weighted by Gasteiger charge is -2.34. The van der Waals surface area contributed by atoms with E-state index in [-0.39, 0.29) is 0 Å². The second-order valence-corrected chi connectivity index (χ2v) is 8.98. The van der Waals surface area contributed by atoms with E-state index < -0.39 is 0 Å². The maximum absolute atomic E-state index is 4.65. The van der Waals surface area contributed by atoms with Crippen LogP contribution < -0.4 is 4.90 Å². The summed E-state index contributed by atoms with van der Waals surface area (Å²) in [5.41, 5.74) is 8.77. The summed E-state index contributed by atoms with van der Waals surface area (Å²) < 4.78 is 0. The molecule has 0 amide bonds. The third-order valence-electron chi connectivity index (χ3n) is 6.74. The molecule has 1 aliphatic rings. The highest BCUT2D eigenvalue weighted by atomic mass is 15.2. The van der Waals surface area contributed by atoms with E-state index in [9.17, 15) is 0 Å². The molecular formula is C29H27N5. The number of pyridine rings is 1. The number of benzene rings is 3. The third kappa shape index (κ3) is 3.95. The van der Waals surface area contributed by atoms with Gasteiger partial charge in [-0.3, -0.25) is 5.10 Å². The first-order valence-corrected chi connectivity index (χ1v) is 11.8. The van der Waals surface area contributed by atoms with Gasteiger partial charge in [0.1, 0.15) is 0 Å². The summed E-state index contributed by atoms with van der Waals surface area (Å²) in [7, 11) is 2.19. The molecule has 6 rings (SSSR count). The summed E-state index contributed by atoms with van der Waals surface area (Å²) in [6.07, 6.45) is 1.91. The van der Waals surface area contributed by atoms with Crippen molar-refractivity contribution in [3.63, 3.8) is 0 Å². The first-order valence-electron chi connectivity index (χ1n) is 11.8. The molecule has 3 heterocycles. The number of nitrogens with zero attached hydrogens (tertiary/aromatic N) is 4. The van der Waals surface area contributed by atoms with Gasteiger partial charge in [-0.1, -0.05) is 60.7 Å². The Hall–Kier alpha value is -3.96. The van der Waals surface area contributed by atoms with Crippen molar-refractivity contribution < 1.29 is 0 Å². The first kappa shape index (κ1) is 20.6. The number of fused-ring (bicyclic) bond motifs is 1. The molecule has 34 heavy (non-hydrogen) atoms. The number of H-pyrrole nitrogens is 1. The average Bonchev–Trinajstić information content (AvgIpc) is 3.33. The van der Waals surface area contributed by atoms with E-state index in [1.54, 1.807) is 0 Å². The van der Waals surface area contributed by atoms with Gasteiger partial charge in [0.2, 0.25) is 0 Å². The number of aromatic nitrogens is 3. The Morgan fingerprint density at radius 3 is 2.18 bits per heavy atom. The normalized spacial score (nSPS) is 14.6. The molecule has 3 aromatic carbocycles. The number of anilines is 1. The van der Waals surface area contributed by atoms with Crippen molar-refractivity contribution >= 4 is 16.7 Å². The minimum Gasteiger partial charge on any atom is -0.369 e. The molecule has 0 unspecified atom stereocenters. The standard InChI is InChI=1S/C29H27N5/c1-33-14-16-34(17-15-33)26-12-10-22(11-13-26)25-19-27-28(31-32-29(27)30-20-25)24-9-5-8-23(18-24)21-6-3-2-4-7-21/h2-13,18-20H,14-17H2,1H3,(H,30,31,32). The van der Waals surface area contributed by atoms with Crippen LogP contribution in [0.25, 0.3) is 44.5 Å². The van der Waals surface area contributed by atoms with Crippen molar-refractivity contribution in [1.29, 1.82) is 0 Å². The van der Waals surface area contributed by atoms with Crippen molar-refractivity contribution in [3.8, 4) is 33.5 Å². The van der Waals surface area contributed by atoms with Gasteiger partial charge in [-0.05, 0) is 48.0 Å². The minimum absolute atomic E-state index is 0.734. The minimum atomic E-state index is 0.734. The van der Waals surface area contributed by atoms with Crippen LogP contribution in [0.1, 0.15) is 0 Å². The maximum atomic E-state index is 4.65. The van der Waals surface area contributed by atoms with Gasteiger partial charge in [-0.15, -0.1) is 0 Å². The van der Waals surface area contributed by atoms with Crippen molar-refractivity contribution in [1.82, 2.24) is 20.1 Å². The Morgan fingerprint density at radius 1 is 0.676 bits per heavy atom. The highest BCUT2D eigenvalue weighted by Crippen LogP contribution is 2.32. The van der Waals surface area contributed by atoms with Crippen LogP contribution in [0, 0.1) is 0 Å². The molecule has 1 saturated heterocycles. The largest absolute Gasteiger partial charge is 0.369 e. The Kier molecular flexibility index (Phi) is 5.32. The molecule has 0 radical (unpaired) electrons. The van der Waals surface area contributed by atoms with E-state index in [0.717, 1.165) is 59.6 Å². The topological polar surface area (TPSA) is 48.1 Å². The fraction of sp³-hybridized carbons (Fsp3) is 0.172. The molecule has 0 saturated carbocycles. The van der Waals surface area contributed by atoms with Gasteiger partial charge in [0, 0.05) is 54.6 Å². The molecule has 5 nitrogen and oxygen atoms in total. The monoisotopic (exact) mass is 445 g/mol. The number of nitrogens with one attached hydrogen (secondary N) is 1. The van der Waals surface area contributed by atoms with E-state index in [4.69, 9.17) is 0 Å². The lowest BCUT2D eigenvalue weighted by atomic mass is 10.00. The van der Waals surface area contributed by atoms with E-state index in [2.05, 4.69) is 111 Å². The number of aromatic amines is 1. The van der Waals surface area contributed by atoms with Gasteiger partial charge in [0.05, 0.1) is 5.69 Å². The van der Waals surface area contributed by atoms with Gasteiger partial charge in [-0.2, -0.15) is 5.10 Å². The first-order chi connectivity index (χ1) is 16.7. The van der Waals surface area contributed by atoms with Crippen LogP contribution in [-0.4, -0.2) is 53.3 Å². The second-order valence-electron chi connectivity index (χ2n) is 8.98. The smallest absolute Gasteiger partial charge is 0.181 e. The zero-order valence-electron chi connectivity index (χ0n) is 19.3. The summed E-state index contributed by atoms with van der Waals surface area (Å²) in [6, 6.07) is 30.1. The van der Waals surface area contributed by atoms with E-state index in [0.29, 0.717) is 0 Å². The highest BCUT2D eigenvalue weighted by molar-refractivity contribution is 5.94. The Morgan fingerprint density at radius 2 is 1.38 bits per heavy atom. The highest BCUT2D eigenvalue weighted by Gasteiger charge is 2.15. The van der Waals surface area contributed by atoms with E-state index in [1.807, 2.05) is 12.3 Å². The third-order valence-corrected chi connectivity index (χ3v) is 6.74. The van der Waals surface area contributed by atoms with Gasteiger partial charge in [-0.25, -0.2) is 4.98 Å². The summed E-state index contributed by atoms with van der Waals surface area (Å²) in [4.78, 5) is 9.48. The van der Waals surface area contributed by atoms with Crippen LogP contribution in [0.15, 0.2) is 91.1 Å². The molecule has 0 bridgehead atoms. The molecule has 1 fully saturated rings. The molecule has 1 aliphatic heterocycles. The van der Waals surface area contributed by atoms with Crippen molar-refractivity contribution in [2.45, 2.75) is 0 Å². The summed E-state index contributed by atoms with van der Waals surface area (Å²) in [6.45, 7) is 4.36. The Balaban J connectivity index is 1.32. The molecule has 0 spiro atoms. The molecule has 0 atom stereocenters. The van der Waals surface area contributed by atoms with Crippen LogP contribution in [0.4, 0.5) is 5.69 Å². The molecule has 168 valence electrons. The quantitative estimate of drug-likeness (QED) is 0.385. The zero-order chi connectivity index (χ0) is 22.9. The molecule has 2 aromatic heterocycles. The van der Waals surface area contributed by atoms with Gasteiger partial charge < -0.3 is 9.80 Å². The van der Waals surface area contributed by atoms with E-state index >= 15 is 0 Å². The number of hydrogen-bond donors (Lipinski definition) is 1. The maximum Gasteiger partial charge on any atom is 0.181 e. The fourth-order valence-electron chi connectivity index (χ4n) is 4.69. The van der Waals surface area contributed by atoms with Gasteiger partial charge in [0.25, 0.3) is 0 Å². The van der Waals surface area contributed by atoms with Crippen LogP contribution in [-0.2, 0) is 0 Å². The summed E-state index contributed by atoms with van der Waals surface area (Å²) in [5, 5.41) is 8.72. The summed E-state index contributed by atoms with van der Waals surface area (Å²) >= 11 is 0. The number of hydrogen-bond acceptors (Lipinski definition) is 4. The van der Waals surface area contributed by atoms with Crippen molar-refractivity contribution in [2.75, 3.05) is 38.1 Å². The molecule has 5 aromatic rings. The number of rotatable bonds is 4. The number of piperazine rings is 1. The average molecular weight is 446 g/mol. The van der Waals surface area contributed by atoms with Gasteiger partial charge in [0.15, 0.2) is 5.65 Å². The summed E-state index contributed by atoms with van der Waals surface area (Å²) in [5.74, 6) is 0. The van der Waals surface area contributed by atoms with Crippen LogP contribution >= 0.6 is 0 Å². The van der Waals surface area contributed by atoms with Crippen LogP contribution in [0.5, 0.6) is 0 Å². The Bertz CT molecular complexity index is 1410. The lowest BCUT2D eigenvalue weighted by Crippen LogP contribution is -2.44. The molecule has 1 N–H and O–H groups in total. The van der Waals surface area contributed by atoms with Crippen LogP contribution in [0.2, 0.25) is 0 Å². The molecule has 0 aliphatic carbocycles. The fourth-order valence-corrected chi connectivity index (χ4v) is 4.69. The second kappa shape index (κ2) is 8.76. The SMILES string of the molecule is CN1CCN(c2ccc(-c3cnc4n[nH]c(-c5cccc(-c6ccccc6)c5)c4c3)cc2)CC1. The Labute approximate surface area is 199 Å². The molecular weight excluding hydrogens is 418 g/mol. The van der Waals surface area contributed by atoms with Crippen LogP contribution in [0.3, 0.4) is 0 Å². The van der Waals surface area contributed by atoms with Crippen molar-refractivity contribution in [3.05, 3.63) is 91.1 Å². The van der Waals surface area contributed by atoms with Gasteiger partial charge >= 0.3 is 0 Å².